The number of rotatable bonds is 7. The molecule has 1 aliphatic rings. The van der Waals surface area contributed by atoms with Crippen molar-refractivity contribution in [3.8, 4) is 0 Å². The van der Waals surface area contributed by atoms with Crippen LogP contribution in [0, 0.1) is 11.8 Å². The highest BCUT2D eigenvalue weighted by atomic mass is 15.2. The Hall–Kier alpha value is -0.860. The minimum absolute atomic E-state index is 0.463. The monoisotopic (exact) mass is 288 g/mol. The first-order valence-corrected chi connectivity index (χ1v) is 8.65. The molecule has 0 saturated carbocycles. The Morgan fingerprint density at radius 1 is 1.19 bits per heavy atom. The molecule has 1 fully saturated rings. The van der Waals surface area contributed by atoms with Crippen molar-refractivity contribution in [2.45, 2.75) is 52.6 Å². The Morgan fingerprint density at radius 3 is 2.52 bits per heavy atom. The Balaban J connectivity index is 2.03. The summed E-state index contributed by atoms with van der Waals surface area (Å²) < 4.78 is 0. The van der Waals surface area contributed by atoms with Crippen LogP contribution in [-0.4, -0.2) is 30.6 Å². The lowest BCUT2D eigenvalue weighted by molar-refractivity contribution is 0.165. The first kappa shape index (κ1) is 16.5. The average molecular weight is 288 g/mol. The molecule has 21 heavy (non-hydrogen) atoms. The maximum Gasteiger partial charge on any atom is 0.0358 e. The molecular formula is C19H32N2. The van der Waals surface area contributed by atoms with Crippen LogP contribution in [0.1, 0.15) is 52.1 Å². The number of hydrogen-bond acceptors (Lipinski definition) is 2. The molecule has 0 aromatic heterocycles. The van der Waals surface area contributed by atoms with Crippen LogP contribution in [0.15, 0.2) is 30.3 Å². The first-order valence-electron chi connectivity index (χ1n) is 8.65. The summed E-state index contributed by atoms with van der Waals surface area (Å²) >= 11 is 0. The summed E-state index contributed by atoms with van der Waals surface area (Å²) in [5.41, 5.74) is 1.42. The van der Waals surface area contributed by atoms with Crippen LogP contribution in [-0.2, 0) is 0 Å². The number of hydrogen-bond donors (Lipinski definition) is 1. The predicted octanol–water partition coefficient (Wildman–Crippen LogP) is 4.09. The third-order valence-electron chi connectivity index (χ3n) is 4.86. The van der Waals surface area contributed by atoms with E-state index in [4.69, 9.17) is 0 Å². The maximum atomic E-state index is 3.69. The summed E-state index contributed by atoms with van der Waals surface area (Å²) in [6.45, 7) is 12.8. The van der Waals surface area contributed by atoms with Crippen LogP contribution in [0.25, 0.3) is 0 Å². The topological polar surface area (TPSA) is 15.3 Å². The van der Waals surface area contributed by atoms with Gasteiger partial charge in [0.05, 0.1) is 0 Å². The maximum absolute atomic E-state index is 3.69. The summed E-state index contributed by atoms with van der Waals surface area (Å²) in [6.07, 6.45) is 2.74. The molecule has 0 bridgehead atoms. The number of nitrogens with one attached hydrogen (secondary N) is 1. The fourth-order valence-corrected chi connectivity index (χ4v) is 3.84. The minimum atomic E-state index is 0.463. The van der Waals surface area contributed by atoms with E-state index in [0.717, 1.165) is 18.5 Å². The van der Waals surface area contributed by atoms with Crippen molar-refractivity contribution >= 4 is 0 Å². The second-order valence-corrected chi connectivity index (χ2v) is 6.87. The quantitative estimate of drug-likeness (QED) is 0.813. The molecule has 1 N–H and O–H groups in total. The molecule has 1 saturated heterocycles. The van der Waals surface area contributed by atoms with E-state index in [1.165, 1.54) is 31.5 Å². The van der Waals surface area contributed by atoms with Crippen LogP contribution >= 0.6 is 0 Å². The zero-order valence-corrected chi connectivity index (χ0v) is 14.2. The molecule has 1 aliphatic heterocycles. The second kappa shape index (κ2) is 7.95. The predicted molar refractivity (Wildman–Crippen MR) is 91.5 cm³/mol. The van der Waals surface area contributed by atoms with Crippen LogP contribution in [0.2, 0.25) is 0 Å². The van der Waals surface area contributed by atoms with Gasteiger partial charge in [-0.15, -0.1) is 0 Å². The molecule has 0 aliphatic carbocycles. The molecule has 2 rings (SSSR count). The lowest BCUT2D eigenvalue weighted by Gasteiger charge is -2.33. The van der Waals surface area contributed by atoms with E-state index in [1.54, 1.807) is 0 Å². The molecular weight excluding hydrogens is 256 g/mol. The third kappa shape index (κ3) is 4.31. The number of benzene rings is 1. The first-order chi connectivity index (χ1) is 10.1. The molecule has 3 unspecified atom stereocenters. The average Bonchev–Trinajstić information content (AvgIpc) is 2.94. The van der Waals surface area contributed by atoms with Crippen molar-refractivity contribution in [1.82, 2.24) is 10.2 Å². The van der Waals surface area contributed by atoms with Crippen LogP contribution in [0.3, 0.4) is 0 Å². The van der Waals surface area contributed by atoms with Crippen molar-refractivity contribution in [3.63, 3.8) is 0 Å². The van der Waals surface area contributed by atoms with E-state index in [-0.39, 0.29) is 0 Å². The Morgan fingerprint density at radius 2 is 1.90 bits per heavy atom. The van der Waals surface area contributed by atoms with Gasteiger partial charge in [-0.1, -0.05) is 58.0 Å². The van der Waals surface area contributed by atoms with E-state index in [0.29, 0.717) is 12.0 Å². The summed E-state index contributed by atoms with van der Waals surface area (Å²) in [5, 5.41) is 3.69. The number of nitrogens with zero attached hydrogens (tertiary/aromatic N) is 1. The molecule has 0 amide bonds. The lowest BCUT2D eigenvalue weighted by Crippen LogP contribution is -2.40. The van der Waals surface area contributed by atoms with Gasteiger partial charge >= 0.3 is 0 Å². The highest BCUT2D eigenvalue weighted by molar-refractivity contribution is 5.19. The van der Waals surface area contributed by atoms with Crippen molar-refractivity contribution in [3.05, 3.63) is 35.9 Å². The van der Waals surface area contributed by atoms with Gasteiger partial charge in [0.2, 0.25) is 0 Å². The minimum Gasteiger partial charge on any atom is -0.310 e. The van der Waals surface area contributed by atoms with Gasteiger partial charge in [-0.2, -0.15) is 0 Å². The second-order valence-electron chi connectivity index (χ2n) is 6.87. The zero-order valence-electron chi connectivity index (χ0n) is 14.2. The normalized spacial score (nSPS) is 22.6. The lowest BCUT2D eigenvalue weighted by atomic mass is 9.93. The van der Waals surface area contributed by atoms with Gasteiger partial charge in [-0.3, -0.25) is 4.90 Å². The Labute approximate surface area is 130 Å². The van der Waals surface area contributed by atoms with Crippen molar-refractivity contribution in [2.24, 2.45) is 11.8 Å². The van der Waals surface area contributed by atoms with E-state index >= 15 is 0 Å². The molecule has 0 radical (unpaired) electrons. The summed E-state index contributed by atoms with van der Waals surface area (Å²) in [5.74, 6) is 1.40. The van der Waals surface area contributed by atoms with Gasteiger partial charge in [-0.25, -0.2) is 0 Å². The van der Waals surface area contributed by atoms with Gasteiger partial charge in [0, 0.05) is 18.6 Å². The van der Waals surface area contributed by atoms with E-state index < -0.39 is 0 Å². The smallest absolute Gasteiger partial charge is 0.0358 e. The summed E-state index contributed by atoms with van der Waals surface area (Å²) in [4.78, 5) is 2.72. The van der Waals surface area contributed by atoms with Crippen molar-refractivity contribution < 1.29 is 0 Å². The molecule has 0 spiro atoms. The highest BCUT2D eigenvalue weighted by Gasteiger charge is 2.30. The molecule has 1 heterocycles. The van der Waals surface area contributed by atoms with Crippen LogP contribution < -0.4 is 5.32 Å². The van der Waals surface area contributed by atoms with Gasteiger partial charge in [-0.05, 0) is 43.3 Å². The molecule has 3 atom stereocenters. The SMILES string of the molecule is CCNC(c1ccccc1)C(C)CN1CCCC1C(C)C. The van der Waals surface area contributed by atoms with Crippen molar-refractivity contribution in [1.29, 1.82) is 0 Å². The fraction of sp³-hybridized carbons (Fsp3) is 0.684. The van der Waals surface area contributed by atoms with Crippen LogP contribution in [0.5, 0.6) is 0 Å². The van der Waals surface area contributed by atoms with Gasteiger partial charge in [0.25, 0.3) is 0 Å². The standard InChI is InChI=1S/C19H32N2/c1-5-20-19(17-10-7-6-8-11-17)16(4)14-21-13-9-12-18(21)15(2)3/h6-8,10-11,15-16,18-20H,5,9,12-14H2,1-4H3. The summed E-state index contributed by atoms with van der Waals surface area (Å²) in [7, 11) is 0. The highest BCUT2D eigenvalue weighted by Crippen LogP contribution is 2.28. The van der Waals surface area contributed by atoms with E-state index in [2.05, 4.69) is 68.2 Å². The molecule has 1 aromatic carbocycles. The van der Waals surface area contributed by atoms with Gasteiger partial charge < -0.3 is 5.32 Å². The van der Waals surface area contributed by atoms with E-state index in [9.17, 15) is 0 Å². The fourth-order valence-electron chi connectivity index (χ4n) is 3.84. The molecule has 1 aromatic rings. The van der Waals surface area contributed by atoms with Crippen LogP contribution in [0.4, 0.5) is 0 Å². The van der Waals surface area contributed by atoms with Gasteiger partial charge in [0.1, 0.15) is 0 Å². The molecule has 118 valence electrons. The Kier molecular flexibility index (Phi) is 6.25. The molecule has 2 nitrogen and oxygen atoms in total. The zero-order chi connectivity index (χ0) is 15.2. The Bertz CT molecular complexity index is 401. The van der Waals surface area contributed by atoms with E-state index in [1.807, 2.05) is 0 Å². The molecule has 2 heteroatoms. The summed E-state index contributed by atoms with van der Waals surface area (Å²) in [6, 6.07) is 12.2. The number of likely N-dealkylation sites (tertiary alicyclic amines) is 1. The van der Waals surface area contributed by atoms with Crippen molar-refractivity contribution in [2.75, 3.05) is 19.6 Å². The third-order valence-corrected chi connectivity index (χ3v) is 4.86. The van der Waals surface area contributed by atoms with Gasteiger partial charge in [0.15, 0.2) is 0 Å². The largest absolute Gasteiger partial charge is 0.310 e.